The number of nitrogen functional groups attached to an aromatic ring is 1. The second-order valence-corrected chi connectivity index (χ2v) is 13.6. The molecule has 0 aliphatic carbocycles. The van der Waals surface area contributed by atoms with E-state index in [9.17, 15) is 14.4 Å². The first-order valence-electron chi connectivity index (χ1n) is 16.4. The molecule has 0 spiro atoms. The number of aromatic amines is 1. The molecule has 3 aromatic rings. The Hall–Kier alpha value is -3.34. The highest BCUT2D eigenvalue weighted by atomic mass is 35.5. The molecule has 1 aromatic heterocycles. The van der Waals surface area contributed by atoms with Gasteiger partial charge in [0.1, 0.15) is 0 Å². The van der Waals surface area contributed by atoms with Gasteiger partial charge in [-0.3, -0.25) is 19.1 Å². The van der Waals surface area contributed by atoms with E-state index < -0.39 is 5.92 Å². The molecule has 3 saturated heterocycles. The van der Waals surface area contributed by atoms with Crippen molar-refractivity contribution in [2.24, 2.45) is 5.92 Å². The molecule has 3 aliphatic rings. The Morgan fingerprint density at radius 1 is 0.933 bits per heavy atom. The number of fused-ring (bicyclic) bond motifs is 1. The van der Waals surface area contributed by atoms with E-state index in [1.165, 1.54) is 0 Å². The van der Waals surface area contributed by atoms with E-state index >= 15 is 0 Å². The first-order chi connectivity index (χ1) is 21.7. The number of aryl methyl sites for hydroxylation is 1. The Balaban J connectivity index is 1.12. The number of piperidine rings is 2. The average Bonchev–Trinajstić information content (AvgIpc) is 3.39. The van der Waals surface area contributed by atoms with Gasteiger partial charge in [-0.2, -0.15) is 0 Å². The quantitative estimate of drug-likeness (QED) is 0.385. The van der Waals surface area contributed by atoms with Gasteiger partial charge in [-0.15, -0.1) is 0 Å². The Morgan fingerprint density at radius 2 is 1.58 bits per heavy atom. The molecule has 0 saturated carbocycles. The van der Waals surface area contributed by atoms with Crippen LogP contribution in [0.1, 0.15) is 49.3 Å². The summed E-state index contributed by atoms with van der Waals surface area (Å²) in [6.45, 7) is 8.79. The minimum absolute atomic E-state index is 0.0105. The summed E-state index contributed by atoms with van der Waals surface area (Å²) in [5.74, 6) is -0.444. The smallest absolute Gasteiger partial charge is 0.326 e. The molecular weight excluding hydrogens is 590 g/mol. The fraction of sp³-hybridized carbons (Fsp3) is 0.559. The van der Waals surface area contributed by atoms with Crippen LogP contribution in [0.4, 0.5) is 5.69 Å². The van der Waals surface area contributed by atoms with Crippen LogP contribution in [0.2, 0.25) is 5.02 Å². The topological polar surface area (TPSA) is 111 Å². The van der Waals surface area contributed by atoms with E-state index in [4.69, 9.17) is 17.3 Å². The van der Waals surface area contributed by atoms with E-state index in [1.807, 2.05) is 57.7 Å². The number of anilines is 1. The lowest BCUT2D eigenvalue weighted by atomic mass is 9.91. The standard InChI is InChI=1S/C34H46ClN7O3/c1-23-19-24(21-28(35)32(23)36)20-25(33(44)41-13-7-26(8-14-41)39-17-15-38(2)16-18-39)22-31(43)40-11-9-27(10-12-40)42-30-6-4-3-5-29(30)37-34(42)45/h3-6,19,21,25-27H,7-18,20,22,36H2,1-2H3,(H,37,45)/t25-/m0/s1. The van der Waals surface area contributed by atoms with Gasteiger partial charge in [0.25, 0.3) is 0 Å². The number of likely N-dealkylation sites (tertiary alicyclic amines) is 2. The number of piperazine rings is 1. The second kappa shape index (κ2) is 13.6. The molecule has 2 amide bonds. The number of carbonyl (C=O) groups is 2. The fourth-order valence-corrected chi connectivity index (χ4v) is 7.81. The third kappa shape index (κ3) is 6.93. The van der Waals surface area contributed by atoms with Crippen molar-refractivity contribution in [2.45, 2.75) is 57.5 Å². The number of H-pyrrole nitrogens is 1. The number of para-hydroxylation sites is 2. The molecule has 2 aromatic carbocycles. The molecule has 45 heavy (non-hydrogen) atoms. The van der Waals surface area contributed by atoms with Crippen LogP contribution in [0.3, 0.4) is 0 Å². The zero-order valence-electron chi connectivity index (χ0n) is 26.5. The maximum atomic E-state index is 14.1. The molecule has 242 valence electrons. The molecule has 0 bridgehead atoms. The predicted molar refractivity (Wildman–Crippen MR) is 178 cm³/mol. The molecule has 0 unspecified atom stereocenters. The van der Waals surface area contributed by atoms with Crippen molar-refractivity contribution in [3.05, 3.63) is 63.0 Å². The number of rotatable bonds is 7. The molecule has 1 atom stereocenters. The molecule has 3 N–H and O–H groups in total. The summed E-state index contributed by atoms with van der Waals surface area (Å²) >= 11 is 6.43. The maximum Gasteiger partial charge on any atom is 0.326 e. The minimum Gasteiger partial charge on any atom is -0.397 e. The van der Waals surface area contributed by atoms with E-state index in [2.05, 4.69) is 21.8 Å². The summed E-state index contributed by atoms with van der Waals surface area (Å²) in [4.78, 5) is 52.3. The summed E-state index contributed by atoms with van der Waals surface area (Å²) in [5, 5.41) is 0.477. The van der Waals surface area contributed by atoms with E-state index in [0.29, 0.717) is 62.2 Å². The van der Waals surface area contributed by atoms with Gasteiger partial charge in [0.2, 0.25) is 11.8 Å². The summed E-state index contributed by atoms with van der Waals surface area (Å²) in [5.41, 5.74) is 10.1. The highest BCUT2D eigenvalue weighted by Crippen LogP contribution is 2.30. The number of nitrogens with one attached hydrogen (secondary N) is 1. The van der Waals surface area contributed by atoms with Gasteiger partial charge < -0.3 is 25.4 Å². The third-order valence-electron chi connectivity index (χ3n) is 10.3. The second-order valence-electron chi connectivity index (χ2n) is 13.2. The van der Waals surface area contributed by atoms with Crippen LogP contribution in [-0.4, -0.2) is 106 Å². The third-order valence-corrected chi connectivity index (χ3v) is 10.6. The molecule has 4 heterocycles. The molecule has 3 fully saturated rings. The summed E-state index contributed by atoms with van der Waals surface area (Å²) < 4.78 is 1.84. The summed E-state index contributed by atoms with van der Waals surface area (Å²) in [7, 11) is 2.17. The molecule has 3 aliphatic heterocycles. The van der Waals surface area contributed by atoms with Crippen molar-refractivity contribution in [1.82, 2.24) is 29.2 Å². The van der Waals surface area contributed by atoms with E-state index in [1.54, 1.807) is 0 Å². The van der Waals surface area contributed by atoms with Crippen molar-refractivity contribution >= 4 is 40.1 Å². The van der Waals surface area contributed by atoms with Crippen LogP contribution in [0.5, 0.6) is 0 Å². The lowest BCUT2D eigenvalue weighted by molar-refractivity contribution is -0.143. The van der Waals surface area contributed by atoms with Crippen LogP contribution < -0.4 is 11.4 Å². The van der Waals surface area contributed by atoms with Crippen LogP contribution in [-0.2, 0) is 16.0 Å². The zero-order chi connectivity index (χ0) is 31.7. The Labute approximate surface area is 270 Å². The van der Waals surface area contributed by atoms with Crippen LogP contribution in [0.25, 0.3) is 11.0 Å². The number of hydrogen-bond donors (Lipinski definition) is 2. The van der Waals surface area contributed by atoms with Crippen molar-refractivity contribution in [3.63, 3.8) is 0 Å². The van der Waals surface area contributed by atoms with Gasteiger partial charge in [0.15, 0.2) is 0 Å². The van der Waals surface area contributed by atoms with Crippen molar-refractivity contribution < 1.29 is 9.59 Å². The van der Waals surface area contributed by atoms with Crippen molar-refractivity contribution in [2.75, 3.05) is 65.1 Å². The first kappa shape index (κ1) is 31.6. The normalized spacial score (nSPS) is 20.2. The highest BCUT2D eigenvalue weighted by molar-refractivity contribution is 6.33. The number of carbonyl (C=O) groups excluding carboxylic acids is 2. The molecule has 11 heteroatoms. The Kier molecular flexibility index (Phi) is 9.54. The van der Waals surface area contributed by atoms with Crippen molar-refractivity contribution in [1.29, 1.82) is 0 Å². The number of halogens is 1. The number of hydrogen-bond acceptors (Lipinski definition) is 6. The minimum atomic E-state index is -0.481. The van der Waals surface area contributed by atoms with E-state index in [-0.39, 0.29) is 30.0 Å². The predicted octanol–water partition coefficient (Wildman–Crippen LogP) is 3.52. The number of nitrogens with two attached hydrogens (primary N) is 1. The SMILES string of the molecule is Cc1cc(C[C@@H](CC(=O)N2CCC(n3c(=O)[nH]c4ccccc43)CC2)C(=O)N2CCC(N3CCN(C)CC3)CC2)cc(Cl)c1N. The van der Waals surface area contributed by atoms with Gasteiger partial charge in [-0.25, -0.2) is 4.79 Å². The van der Waals surface area contributed by atoms with E-state index in [0.717, 1.165) is 61.2 Å². The van der Waals surface area contributed by atoms with Crippen LogP contribution in [0.15, 0.2) is 41.2 Å². The zero-order valence-corrected chi connectivity index (χ0v) is 27.3. The molecule has 0 radical (unpaired) electrons. The van der Waals surface area contributed by atoms with Crippen LogP contribution >= 0.6 is 11.6 Å². The van der Waals surface area contributed by atoms with Gasteiger partial charge in [0.05, 0.1) is 27.7 Å². The highest BCUT2D eigenvalue weighted by Gasteiger charge is 2.34. The number of benzene rings is 2. The number of aromatic nitrogens is 2. The van der Waals surface area contributed by atoms with Crippen molar-refractivity contribution in [3.8, 4) is 0 Å². The Bertz CT molecular complexity index is 1550. The van der Waals surface area contributed by atoms with Gasteiger partial charge in [0, 0.05) is 70.9 Å². The molecule has 6 rings (SSSR count). The Morgan fingerprint density at radius 3 is 2.27 bits per heavy atom. The molecule has 10 nitrogen and oxygen atoms in total. The number of imidazole rings is 1. The number of likely N-dealkylation sites (N-methyl/N-ethyl adjacent to an activating group) is 1. The first-order valence-corrected chi connectivity index (χ1v) is 16.8. The van der Waals surface area contributed by atoms with Gasteiger partial charge in [-0.1, -0.05) is 29.8 Å². The van der Waals surface area contributed by atoms with Gasteiger partial charge >= 0.3 is 5.69 Å². The summed E-state index contributed by atoms with van der Waals surface area (Å²) in [6, 6.07) is 12.1. The van der Waals surface area contributed by atoms with Crippen LogP contribution in [0, 0.1) is 12.8 Å². The fourth-order valence-electron chi connectivity index (χ4n) is 7.52. The summed E-state index contributed by atoms with van der Waals surface area (Å²) in [6.07, 6.45) is 3.89. The lowest BCUT2D eigenvalue weighted by Crippen LogP contribution is -2.53. The maximum absolute atomic E-state index is 14.1. The number of amides is 2. The number of nitrogens with zero attached hydrogens (tertiary/aromatic N) is 5. The average molecular weight is 636 g/mol. The largest absolute Gasteiger partial charge is 0.397 e. The van der Waals surface area contributed by atoms with Gasteiger partial charge in [-0.05, 0) is 75.4 Å². The monoisotopic (exact) mass is 635 g/mol. The lowest BCUT2D eigenvalue weighted by Gasteiger charge is -2.42. The molecular formula is C34H46ClN7O3.